The summed E-state index contributed by atoms with van der Waals surface area (Å²) in [7, 11) is -1.03. The van der Waals surface area contributed by atoms with E-state index in [2.05, 4.69) is 22.3 Å². The molecule has 64 heavy (non-hydrogen) atoms. The number of nitrogens with zero attached hydrogens (tertiary/aromatic N) is 2. The number of benzene rings is 2. The molecule has 3 heterocycles. The summed E-state index contributed by atoms with van der Waals surface area (Å²) in [6.45, 7) is 3.89. The van der Waals surface area contributed by atoms with Crippen LogP contribution in [0.15, 0.2) is 54.6 Å². The third-order valence-corrected chi connectivity index (χ3v) is 15.9. The molecule has 0 unspecified atom stereocenters. The SMILES string of the molecule is COc1ccc2c(O[C@@H]3C[C@H]4C(=O)N[C@]5(C(=O)NS(=O)(=O)C6CC6)C[C@H]5/C=C\CC[C@@H](C)C[C@@H](C)[C@H](NC(=O)O[C@@H]5C[C@@H]6C[C@@H]6C5)C(=O)N4C3)nc(-c3ccc(OC)c(F)c3)cc2c1. The van der Waals surface area contributed by atoms with Crippen LogP contribution in [0.2, 0.25) is 0 Å². The standard InChI is InChI=1S/C47H56FN5O10S/c1-25-7-5-6-8-31-23-47(31,45(56)52-64(58,59)35-11-12-35)51-42(54)39-22-34(24-53(39)44(55)41(26(2)15-25)50-46(57)63-33-17-28-16-29(28)18-33)62-43-36-13-10-32(60-3)19-30(36)21-38(49-43)27-9-14-40(61-4)37(48)20-27/h6,8-10,13-14,19-21,25-26,28-29,31,33-35,39,41H,5,7,11-12,15-18,22-24H2,1-4H3,(H,50,57)(H,51,54)(H,52,56)/b8-6-/t25-,26-,28-,29+,31-,33+,34-,39+,41+,47-/m1/s1. The zero-order valence-electron chi connectivity index (χ0n) is 36.5. The molecule has 2 aromatic carbocycles. The van der Waals surface area contributed by atoms with Gasteiger partial charge < -0.3 is 34.5 Å². The number of rotatable bonds is 10. The van der Waals surface area contributed by atoms with E-state index in [0.29, 0.717) is 65.3 Å². The first-order chi connectivity index (χ1) is 30.6. The normalized spacial score (nSPS) is 31.8. The number of sulfonamides is 1. The number of carbonyl (C=O) groups is 4. The number of fused-ring (bicyclic) bond motifs is 4. The number of amides is 4. The number of carbonyl (C=O) groups excluding carboxylic acids is 4. The molecule has 2 aliphatic heterocycles. The first-order valence-electron chi connectivity index (χ1n) is 22.5. The number of alkyl carbamates (subject to hydrolysis) is 1. The van der Waals surface area contributed by atoms with Crippen molar-refractivity contribution in [2.75, 3.05) is 20.8 Å². The smallest absolute Gasteiger partial charge is 0.408 e. The average molecular weight is 902 g/mol. The van der Waals surface area contributed by atoms with Gasteiger partial charge in [-0.2, -0.15) is 0 Å². The summed E-state index contributed by atoms with van der Waals surface area (Å²) in [5.74, 6) is -1.36. The Kier molecular flexibility index (Phi) is 11.7. The zero-order valence-corrected chi connectivity index (χ0v) is 37.3. The van der Waals surface area contributed by atoms with Crippen LogP contribution in [-0.4, -0.2) is 98.0 Å². The van der Waals surface area contributed by atoms with Crippen LogP contribution >= 0.6 is 0 Å². The van der Waals surface area contributed by atoms with Gasteiger partial charge in [0.15, 0.2) is 11.6 Å². The van der Waals surface area contributed by atoms with E-state index in [-0.39, 0.29) is 49.0 Å². The van der Waals surface area contributed by atoms with Crippen molar-refractivity contribution >= 4 is 44.6 Å². The van der Waals surface area contributed by atoms with Gasteiger partial charge in [0.25, 0.3) is 5.91 Å². The fraction of sp³-hybridized carbons (Fsp3) is 0.553. The second-order valence-electron chi connectivity index (χ2n) is 18.9. The number of hydrogen-bond donors (Lipinski definition) is 3. The number of aromatic nitrogens is 1. The molecule has 0 spiro atoms. The third-order valence-electron chi connectivity index (χ3n) is 14.1. The fourth-order valence-corrected chi connectivity index (χ4v) is 11.5. The summed E-state index contributed by atoms with van der Waals surface area (Å²) in [4.78, 5) is 63.7. The number of halogens is 1. The minimum atomic E-state index is -3.95. The lowest BCUT2D eigenvalue weighted by Crippen LogP contribution is -2.59. The summed E-state index contributed by atoms with van der Waals surface area (Å²) in [5.41, 5.74) is -0.739. The van der Waals surface area contributed by atoms with E-state index in [0.717, 1.165) is 25.7 Å². The summed E-state index contributed by atoms with van der Waals surface area (Å²) < 4.78 is 66.5. The molecule has 10 atom stereocenters. The Labute approximate surface area is 372 Å². The van der Waals surface area contributed by atoms with Crippen LogP contribution in [0, 0.1) is 35.4 Å². The molecular weight excluding hydrogens is 846 g/mol. The van der Waals surface area contributed by atoms with Gasteiger partial charge in [-0.1, -0.05) is 26.0 Å². The highest BCUT2D eigenvalue weighted by molar-refractivity contribution is 7.91. The van der Waals surface area contributed by atoms with E-state index >= 15 is 9.18 Å². The van der Waals surface area contributed by atoms with E-state index in [1.54, 1.807) is 37.4 Å². The van der Waals surface area contributed by atoms with Crippen LogP contribution in [-0.2, 0) is 29.1 Å². The maximum Gasteiger partial charge on any atom is 0.408 e. The molecule has 0 bridgehead atoms. The topological polar surface area (TPSA) is 192 Å². The number of methoxy groups -OCH3 is 2. The Morgan fingerprint density at radius 3 is 2.44 bits per heavy atom. The Hall–Kier alpha value is -5.45. The molecule has 4 aliphatic carbocycles. The van der Waals surface area contributed by atoms with E-state index in [9.17, 15) is 22.8 Å². The van der Waals surface area contributed by atoms with Gasteiger partial charge in [-0.3, -0.25) is 19.1 Å². The Morgan fingerprint density at radius 1 is 0.938 bits per heavy atom. The first kappa shape index (κ1) is 43.8. The summed E-state index contributed by atoms with van der Waals surface area (Å²) in [6, 6.07) is 9.32. The number of hydrogen-bond acceptors (Lipinski definition) is 11. The highest BCUT2D eigenvalue weighted by atomic mass is 32.2. The molecule has 0 radical (unpaired) electrons. The zero-order chi connectivity index (χ0) is 45.1. The summed E-state index contributed by atoms with van der Waals surface area (Å²) >= 11 is 0. The molecule has 4 amide bonds. The third kappa shape index (κ3) is 8.96. The molecule has 6 aliphatic rings. The highest BCUT2D eigenvalue weighted by Crippen LogP contribution is 2.52. The number of pyridine rings is 1. The lowest BCUT2D eigenvalue weighted by atomic mass is 9.88. The van der Waals surface area contributed by atoms with Crippen molar-refractivity contribution in [2.24, 2.45) is 29.6 Å². The highest BCUT2D eigenvalue weighted by Gasteiger charge is 2.62. The van der Waals surface area contributed by atoms with Crippen LogP contribution in [0.4, 0.5) is 9.18 Å². The van der Waals surface area contributed by atoms with Crippen LogP contribution in [0.25, 0.3) is 22.0 Å². The van der Waals surface area contributed by atoms with Gasteiger partial charge in [0.1, 0.15) is 35.6 Å². The molecule has 17 heteroatoms. The van der Waals surface area contributed by atoms with Gasteiger partial charge in [-0.25, -0.2) is 22.6 Å². The van der Waals surface area contributed by atoms with Gasteiger partial charge in [-0.15, -0.1) is 0 Å². The largest absolute Gasteiger partial charge is 0.497 e. The van der Waals surface area contributed by atoms with Crippen molar-refractivity contribution in [1.29, 1.82) is 0 Å². The number of nitrogens with one attached hydrogen (secondary N) is 3. The Bertz CT molecular complexity index is 2490. The van der Waals surface area contributed by atoms with Crippen molar-refractivity contribution in [3.05, 3.63) is 60.4 Å². The molecule has 5 fully saturated rings. The van der Waals surface area contributed by atoms with E-state index in [1.165, 1.54) is 24.1 Å². The minimum absolute atomic E-state index is 0.0380. The molecule has 4 saturated carbocycles. The molecule has 1 aromatic heterocycles. The van der Waals surface area contributed by atoms with Crippen LogP contribution < -0.4 is 29.6 Å². The van der Waals surface area contributed by atoms with Crippen molar-refractivity contribution < 1.29 is 50.9 Å². The van der Waals surface area contributed by atoms with Crippen molar-refractivity contribution in [1.82, 2.24) is 25.2 Å². The van der Waals surface area contributed by atoms with Crippen molar-refractivity contribution in [2.45, 2.75) is 113 Å². The van der Waals surface area contributed by atoms with Gasteiger partial charge in [0, 0.05) is 23.3 Å². The molecule has 3 aromatic rings. The number of allylic oxidation sites excluding steroid dienone is 1. The Morgan fingerprint density at radius 2 is 1.72 bits per heavy atom. The lowest BCUT2D eigenvalue weighted by Gasteiger charge is -2.33. The van der Waals surface area contributed by atoms with Gasteiger partial charge in [0.05, 0.1) is 31.7 Å². The minimum Gasteiger partial charge on any atom is -0.497 e. The maximum absolute atomic E-state index is 15.1. The van der Waals surface area contributed by atoms with E-state index < -0.39 is 74.5 Å². The summed E-state index contributed by atoms with van der Waals surface area (Å²) in [5, 5.41) is 6.42. The second-order valence-corrected chi connectivity index (χ2v) is 20.8. The summed E-state index contributed by atoms with van der Waals surface area (Å²) in [6.07, 6.45) is 7.84. The number of ether oxygens (including phenoxy) is 4. The second kappa shape index (κ2) is 17.2. The molecule has 15 nitrogen and oxygen atoms in total. The predicted octanol–water partition coefficient (Wildman–Crippen LogP) is 5.80. The van der Waals surface area contributed by atoms with Crippen molar-refractivity contribution in [3.8, 4) is 28.6 Å². The molecule has 342 valence electrons. The quantitative estimate of drug-likeness (QED) is 0.209. The fourth-order valence-electron chi connectivity index (χ4n) is 10.1. The Balaban J connectivity index is 1.06. The van der Waals surface area contributed by atoms with Gasteiger partial charge in [0.2, 0.25) is 27.7 Å². The molecule has 3 N–H and O–H groups in total. The average Bonchev–Trinajstić information content (AvgIpc) is 4.23. The monoisotopic (exact) mass is 901 g/mol. The van der Waals surface area contributed by atoms with Crippen LogP contribution in [0.3, 0.4) is 0 Å². The van der Waals surface area contributed by atoms with Crippen LogP contribution in [0.5, 0.6) is 17.4 Å². The van der Waals surface area contributed by atoms with E-state index in [4.69, 9.17) is 23.9 Å². The molecule has 1 saturated heterocycles. The maximum atomic E-state index is 15.1. The molecule has 9 rings (SSSR count). The van der Waals surface area contributed by atoms with Crippen molar-refractivity contribution in [3.63, 3.8) is 0 Å². The first-order valence-corrected chi connectivity index (χ1v) is 24.0. The molecular formula is C47H56FN5O10S. The van der Waals surface area contributed by atoms with Gasteiger partial charge >= 0.3 is 6.09 Å². The van der Waals surface area contributed by atoms with E-state index in [1.807, 2.05) is 19.1 Å². The predicted molar refractivity (Wildman–Crippen MR) is 233 cm³/mol. The van der Waals surface area contributed by atoms with Gasteiger partial charge in [-0.05, 0) is 129 Å². The lowest BCUT2D eigenvalue weighted by molar-refractivity contribution is -0.142. The van der Waals surface area contributed by atoms with Crippen LogP contribution in [0.1, 0.15) is 78.1 Å².